The Balaban J connectivity index is 1.57. The van der Waals surface area contributed by atoms with Crippen LogP contribution >= 0.6 is 11.6 Å². The van der Waals surface area contributed by atoms with E-state index < -0.39 is 22.0 Å². The number of fused-ring (bicyclic) bond motifs is 1. The fourth-order valence-electron chi connectivity index (χ4n) is 4.64. The van der Waals surface area contributed by atoms with E-state index in [0.717, 1.165) is 23.1 Å². The van der Waals surface area contributed by atoms with Crippen LogP contribution in [0.3, 0.4) is 0 Å². The van der Waals surface area contributed by atoms with Crippen LogP contribution in [0.15, 0.2) is 59.8 Å². The molecule has 5 aromatic rings. The third kappa shape index (κ3) is 5.87. The number of nitrogens with one attached hydrogen (secondary N) is 2. The maximum Gasteiger partial charge on any atom is 0.285 e. The molecule has 0 aliphatic rings. The summed E-state index contributed by atoms with van der Waals surface area (Å²) >= 11 is 6.01. The highest BCUT2D eigenvalue weighted by Gasteiger charge is 2.22. The van der Waals surface area contributed by atoms with Gasteiger partial charge in [-0.2, -0.15) is 5.10 Å². The van der Waals surface area contributed by atoms with Crippen molar-refractivity contribution in [3.63, 3.8) is 0 Å². The standard InChI is InChI=1S/C28H27ClN8O4S/c1-15-10-19(16(2)32-22-8-9-23(29)33-25(22)27(38)35-42(5,40)41)24-20(11-15)28(39)37(4)26(34-24)17-6-7-21(30-12-17)18-13-31-36(3)14-18/h6-14,16,32H,1-5H3,(H,35,38)/t16-/m1/s1. The molecule has 0 bridgehead atoms. The van der Waals surface area contributed by atoms with Gasteiger partial charge in [-0.25, -0.2) is 23.1 Å². The van der Waals surface area contributed by atoms with Gasteiger partial charge in [0.25, 0.3) is 11.5 Å². The molecule has 0 aliphatic carbocycles. The number of hydrogen-bond acceptors (Lipinski definition) is 9. The molecule has 2 N–H and O–H groups in total. The van der Waals surface area contributed by atoms with Gasteiger partial charge in [-0.05, 0) is 49.7 Å². The number of nitrogens with zero attached hydrogens (tertiary/aromatic N) is 6. The first-order valence-electron chi connectivity index (χ1n) is 12.7. The third-order valence-corrected chi connectivity index (χ3v) is 7.34. The first-order chi connectivity index (χ1) is 19.8. The van der Waals surface area contributed by atoms with Gasteiger partial charge in [-0.3, -0.25) is 23.8 Å². The number of benzene rings is 1. The number of aryl methyl sites for hydroxylation is 2. The molecule has 1 atom stereocenters. The quantitative estimate of drug-likeness (QED) is 0.264. The Labute approximate surface area is 246 Å². The first kappa shape index (κ1) is 28.9. The molecule has 1 aromatic carbocycles. The topological polar surface area (TPSA) is 154 Å². The van der Waals surface area contributed by atoms with Gasteiger partial charge in [0.2, 0.25) is 10.0 Å². The molecule has 1 amide bonds. The smallest absolute Gasteiger partial charge is 0.285 e. The summed E-state index contributed by atoms with van der Waals surface area (Å²) in [6, 6.07) is 9.91. The number of sulfonamides is 1. The van der Waals surface area contributed by atoms with E-state index in [-0.39, 0.29) is 22.1 Å². The highest BCUT2D eigenvalue weighted by Crippen LogP contribution is 2.30. The van der Waals surface area contributed by atoms with Crippen LogP contribution in [0, 0.1) is 6.92 Å². The number of aromatic nitrogens is 6. The molecule has 5 rings (SSSR count). The summed E-state index contributed by atoms with van der Waals surface area (Å²) in [5.41, 5.74) is 4.07. The van der Waals surface area contributed by atoms with Crippen LogP contribution in [-0.4, -0.2) is 49.9 Å². The normalized spacial score (nSPS) is 12.3. The summed E-state index contributed by atoms with van der Waals surface area (Å²) in [6.07, 6.45) is 6.12. The Hall–Kier alpha value is -4.62. The van der Waals surface area contributed by atoms with Crippen molar-refractivity contribution in [1.82, 2.24) is 34.0 Å². The van der Waals surface area contributed by atoms with Crippen molar-refractivity contribution in [2.45, 2.75) is 19.9 Å². The molecule has 0 saturated heterocycles. The lowest BCUT2D eigenvalue weighted by Crippen LogP contribution is -2.31. The molecule has 12 nitrogen and oxygen atoms in total. The Kier molecular flexibility index (Phi) is 7.56. The van der Waals surface area contributed by atoms with Crippen LogP contribution in [0.5, 0.6) is 0 Å². The predicted octanol–water partition coefficient (Wildman–Crippen LogP) is 3.62. The van der Waals surface area contributed by atoms with Gasteiger partial charge in [0, 0.05) is 43.2 Å². The molecule has 0 fully saturated rings. The summed E-state index contributed by atoms with van der Waals surface area (Å²) in [6.45, 7) is 3.71. The summed E-state index contributed by atoms with van der Waals surface area (Å²) in [5, 5.41) is 7.84. The highest BCUT2D eigenvalue weighted by molar-refractivity contribution is 7.89. The first-order valence-corrected chi connectivity index (χ1v) is 15.0. The molecule has 0 aliphatic heterocycles. The van der Waals surface area contributed by atoms with E-state index >= 15 is 0 Å². The van der Waals surface area contributed by atoms with Crippen molar-refractivity contribution >= 4 is 44.1 Å². The van der Waals surface area contributed by atoms with E-state index in [1.807, 2.05) is 50.0 Å². The second kappa shape index (κ2) is 11.0. The van der Waals surface area contributed by atoms with Crippen LogP contribution in [0.2, 0.25) is 5.15 Å². The van der Waals surface area contributed by atoms with E-state index in [9.17, 15) is 18.0 Å². The third-order valence-electron chi connectivity index (χ3n) is 6.57. The number of halogens is 1. The average Bonchev–Trinajstić information content (AvgIpc) is 3.37. The van der Waals surface area contributed by atoms with Crippen molar-refractivity contribution < 1.29 is 13.2 Å². The largest absolute Gasteiger partial charge is 0.377 e. The number of carbonyl (C=O) groups excluding carboxylic acids is 1. The van der Waals surface area contributed by atoms with Gasteiger partial charge in [0.15, 0.2) is 5.69 Å². The molecule has 4 heterocycles. The summed E-state index contributed by atoms with van der Waals surface area (Å²) in [7, 11) is -0.349. The Morgan fingerprint density at radius 3 is 2.45 bits per heavy atom. The van der Waals surface area contributed by atoms with Crippen LogP contribution < -0.4 is 15.6 Å². The Morgan fingerprint density at radius 1 is 1.05 bits per heavy atom. The molecular formula is C28H27ClN8O4S. The van der Waals surface area contributed by atoms with Gasteiger partial charge >= 0.3 is 0 Å². The van der Waals surface area contributed by atoms with E-state index in [0.29, 0.717) is 27.9 Å². The molecule has 4 aromatic heterocycles. The van der Waals surface area contributed by atoms with Gasteiger partial charge in [-0.1, -0.05) is 17.7 Å². The second-order valence-electron chi connectivity index (χ2n) is 9.98. The van der Waals surface area contributed by atoms with E-state index in [2.05, 4.69) is 20.4 Å². The number of amides is 1. The zero-order valence-electron chi connectivity index (χ0n) is 23.4. The zero-order valence-corrected chi connectivity index (χ0v) is 24.9. The molecule has 0 spiro atoms. The molecule has 14 heteroatoms. The lowest BCUT2D eigenvalue weighted by atomic mass is 10.0. The zero-order chi connectivity index (χ0) is 30.3. The molecule has 216 valence electrons. The maximum absolute atomic E-state index is 13.5. The predicted molar refractivity (Wildman–Crippen MR) is 161 cm³/mol. The van der Waals surface area contributed by atoms with E-state index in [1.165, 1.54) is 16.7 Å². The van der Waals surface area contributed by atoms with Crippen molar-refractivity contribution in [3.8, 4) is 22.6 Å². The number of pyridine rings is 2. The summed E-state index contributed by atoms with van der Waals surface area (Å²) < 4.78 is 28.5. The molecule has 42 heavy (non-hydrogen) atoms. The maximum atomic E-state index is 13.5. The minimum Gasteiger partial charge on any atom is -0.377 e. The fraction of sp³-hybridized carbons (Fsp3) is 0.214. The average molecular weight is 607 g/mol. The molecule has 0 radical (unpaired) electrons. The van der Waals surface area contributed by atoms with Crippen LogP contribution in [-0.2, 0) is 24.1 Å². The molecule has 0 saturated carbocycles. The second-order valence-corrected chi connectivity index (χ2v) is 12.1. The lowest BCUT2D eigenvalue weighted by molar-refractivity contribution is 0.0977. The van der Waals surface area contributed by atoms with Gasteiger partial charge in [0.1, 0.15) is 11.0 Å². The van der Waals surface area contributed by atoms with Gasteiger partial charge < -0.3 is 5.32 Å². The number of carbonyl (C=O) groups is 1. The molecular weight excluding hydrogens is 580 g/mol. The summed E-state index contributed by atoms with van der Waals surface area (Å²) in [4.78, 5) is 39.8. The Morgan fingerprint density at radius 2 is 1.81 bits per heavy atom. The highest BCUT2D eigenvalue weighted by atomic mass is 35.5. The van der Waals surface area contributed by atoms with Crippen molar-refractivity contribution in [2.75, 3.05) is 11.6 Å². The van der Waals surface area contributed by atoms with E-state index in [4.69, 9.17) is 16.6 Å². The van der Waals surface area contributed by atoms with Crippen LogP contribution in [0.1, 0.15) is 34.6 Å². The van der Waals surface area contributed by atoms with Gasteiger partial charge in [0.05, 0.1) is 40.8 Å². The fourth-order valence-corrected chi connectivity index (χ4v) is 5.22. The number of anilines is 1. The van der Waals surface area contributed by atoms with Crippen LogP contribution in [0.4, 0.5) is 5.69 Å². The monoisotopic (exact) mass is 606 g/mol. The van der Waals surface area contributed by atoms with Crippen LogP contribution in [0.25, 0.3) is 33.5 Å². The summed E-state index contributed by atoms with van der Waals surface area (Å²) in [5.74, 6) is -0.503. The number of rotatable bonds is 7. The minimum absolute atomic E-state index is 0.0193. The van der Waals surface area contributed by atoms with Crippen molar-refractivity contribution in [2.24, 2.45) is 14.1 Å². The lowest BCUT2D eigenvalue weighted by Gasteiger charge is -2.20. The SMILES string of the molecule is Cc1cc([C@@H](C)Nc2ccc(Cl)nc2C(=O)NS(C)(=O)=O)c2nc(-c3ccc(-c4cnn(C)c4)nc3)n(C)c(=O)c2c1. The van der Waals surface area contributed by atoms with Gasteiger partial charge in [-0.15, -0.1) is 0 Å². The van der Waals surface area contributed by atoms with E-state index in [1.54, 1.807) is 30.2 Å². The number of hydrogen-bond donors (Lipinski definition) is 2. The van der Waals surface area contributed by atoms with Crippen molar-refractivity contribution in [1.29, 1.82) is 0 Å². The molecule has 0 unspecified atom stereocenters. The van der Waals surface area contributed by atoms with Crippen molar-refractivity contribution in [3.05, 3.63) is 87.3 Å². The minimum atomic E-state index is -3.84. The Bertz CT molecular complexity index is 2020.